The van der Waals surface area contributed by atoms with E-state index >= 15 is 0 Å². The quantitative estimate of drug-likeness (QED) is 0.647. The molecule has 0 amide bonds. The second kappa shape index (κ2) is 6.49. The lowest BCUT2D eigenvalue weighted by molar-refractivity contribution is 0.640. The zero-order valence-corrected chi connectivity index (χ0v) is 11.0. The Bertz CT molecular complexity index is 258. The molecule has 0 heterocycles. The average Bonchev–Trinajstić information content (AvgIpc) is 2.18. The van der Waals surface area contributed by atoms with E-state index in [2.05, 4.69) is 58.8 Å². The predicted octanol–water partition coefficient (Wildman–Crippen LogP) is 3.83. The number of hydrogen-bond acceptors (Lipinski definition) is 2. The van der Waals surface area contributed by atoms with Crippen molar-refractivity contribution in [3.05, 3.63) is 29.8 Å². The van der Waals surface area contributed by atoms with Crippen LogP contribution < -0.4 is 4.72 Å². The highest BCUT2D eigenvalue weighted by atomic mass is 79.9. The highest BCUT2D eigenvalue weighted by Gasteiger charge is 1.96. The Morgan fingerprint density at radius 1 is 1.29 bits per heavy atom. The summed E-state index contributed by atoms with van der Waals surface area (Å²) in [7, 11) is 0. The smallest absolute Gasteiger partial charge is 0.0283 e. The molecule has 0 atom stereocenters. The molecule has 3 heteroatoms. The molecule has 0 saturated heterocycles. The van der Waals surface area contributed by atoms with Crippen LogP contribution >= 0.6 is 27.9 Å². The van der Waals surface area contributed by atoms with Crippen molar-refractivity contribution < 1.29 is 0 Å². The molecule has 1 rings (SSSR count). The monoisotopic (exact) mass is 273 g/mol. The third-order valence-corrected chi connectivity index (χ3v) is 3.23. The number of rotatable bonds is 5. The van der Waals surface area contributed by atoms with Crippen molar-refractivity contribution in [1.82, 2.24) is 4.72 Å². The number of benzene rings is 1. The van der Waals surface area contributed by atoms with E-state index in [9.17, 15) is 0 Å². The SMILES string of the molecule is CC(C)CNSc1ccc(CBr)cc1. The van der Waals surface area contributed by atoms with Crippen LogP contribution in [0, 0.1) is 5.92 Å². The van der Waals surface area contributed by atoms with E-state index < -0.39 is 0 Å². The first kappa shape index (κ1) is 12.1. The number of hydrogen-bond donors (Lipinski definition) is 1. The van der Waals surface area contributed by atoms with E-state index in [-0.39, 0.29) is 0 Å². The third-order valence-electron chi connectivity index (χ3n) is 1.76. The zero-order chi connectivity index (χ0) is 10.4. The van der Waals surface area contributed by atoms with Gasteiger partial charge >= 0.3 is 0 Å². The molecule has 14 heavy (non-hydrogen) atoms. The summed E-state index contributed by atoms with van der Waals surface area (Å²) in [6.45, 7) is 5.47. The molecule has 0 bridgehead atoms. The average molecular weight is 274 g/mol. The number of alkyl halides is 1. The van der Waals surface area contributed by atoms with Gasteiger partial charge in [-0.3, -0.25) is 4.72 Å². The van der Waals surface area contributed by atoms with E-state index in [1.807, 2.05) is 0 Å². The minimum atomic E-state index is 0.698. The molecular formula is C11H16BrNS. The van der Waals surface area contributed by atoms with E-state index in [0.29, 0.717) is 5.92 Å². The fraction of sp³-hybridized carbons (Fsp3) is 0.455. The second-order valence-electron chi connectivity index (χ2n) is 3.62. The first-order valence-electron chi connectivity index (χ1n) is 4.77. The molecule has 0 unspecified atom stereocenters. The molecule has 0 aliphatic carbocycles. The molecule has 0 saturated carbocycles. The number of halogens is 1. The van der Waals surface area contributed by atoms with Crippen molar-refractivity contribution in [1.29, 1.82) is 0 Å². The molecule has 1 aromatic carbocycles. The standard InChI is InChI=1S/C11H16BrNS/c1-9(2)8-13-14-11-5-3-10(7-12)4-6-11/h3-6,9,13H,7-8H2,1-2H3. The number of nitrogens with one attached hydrogen (secondary N) is 1. The van der Waals surface area contributed by atoms with Gasteiger partial charge in [-0.05, 0) is 35.6 Å². The zero-order valence-electron chi connectivity index (χ0n) is 8.59. The van der Waals surface area contributed by atoms with E-state index in [0.717, 1.165) is 11.9 Å². The topological polar surface area (TPSA) is 12.0 Å². The molecule has 0 fully saturated rings. The Balaban J connectivity index is 2.36. The molecule has 0 aliphatic heterocycles. The molecule has 1 aromatic rings. The van der Waals surface area contributed by atoms with Crippen molar-refractivity contribution in [2.45, 2.75) is 24.1 Å². The minimum absolute atomic E-state index is 0.698. The summed E-state index contributed by atoms with van der Waals surface area (Å²) in [5.74, 6) is 0.698. The summed E-state index contributed by atoms with van der Waals surface area (Å²) < 4.78 is 3.34. The van der Waals surface area contributed by atoms with Gasteiger partial charge in [-0.2, -0.15) is 0 Å². The Labute approximate surface area is 98.9 Å². The van der Waals surface area contributed by atoms with Crippen LogP contribution in [0.1, 0.15) is 19.4 Å². The predicted molar refractivity (Wildman–Crippen MR) is 67.8 cm³/mol. The normalized spacial score (nSPS) is 10.9. The van der Waals surface area contributed by atoms with Crippen LogP contribution in [0.15, 0.2) is 29.2 Å². The van der Waals surface area contributed by atoms with Gasteiger partial charge in [0.15, 0.2) is 0 Å². The molecule has 0 spiro atoms. The van der Waals surface area contributed by atoms with Gasteiger partial charge in [0.25, 0.3) is 0 Å². The van der Waals surface area contributed by atoms with Crippen LogP contribution in [0.3, 0.4) is 0 Å². The lowest BCUT2D eigenvalue weighted by Gasteiger charge is -2.06. The maximum Gasteiger partial charge on any atom is 0.0283 e. The molecule has 0 radical (unpaired) electrons. The molecule has 1 N–H and O–H groups in total. The third kappa shape index (κ3) is 4.49. The van der Waals surface area contributed by atoms with Crippen LogP contribution in [-0.4, -0.2) is 6.54 Å². The minimum Gasteiger partial charge on any atom is -0.260 e. The van der Waals surface area contributed by atoms with Crippen LogP contribution in [-0.2, 0) is 5.33 Å². The van der Waals surface area contributed by atoms with Gasteiger partial charge in [0, 0.05) is 16.8 Å². The highest BCUT2D eigenvalue weighted by Crippen LogP contribution is 2.16. The maximum absolute atomic E-state index is 3.43. The Hall–Kier alpha value is 0.01000. The summed E-state index contributed by atoms with van der Waals surface area (Å²) in [5.41, 5.74) is 1.32. The van der Waals surface area contributed by atoms with E-state index in [1.165, 1.54) is 10.5 Å². The van der Waals surface area contributed by atoms with Crippen molar-refractivity contribution >= 4 is 27.9 Å². The summed E-state index contributed by atoms with van der Waals surface area (Å²) >= 11 is 5.13. The molecular weight excluding hydrogens is 258 g/mol. The van der Waals surface area contributed by atoms with Crippen LogP contribution in [0.25, 0.3) is 0 Å². The van der Waals surface area contributed by atoms with Gasteiger partial charge in [-0.25, -0.2) is 0 Å². The molecule has 0 aliphatic rings. The van der Waals surface area contributed by atoms with Gasteiger partial charge in [0.05, 0.1) is 0 Å². The lowest BCUT2D eigenvalue weighted by Crippen LogP contribution is -2.11. The van der Waals surface area contributed by atoms with Gasteiger partial charge in [-0.1, -0.05) is 41.9 Å². The van der Waals surface area contributed by atoms with Crippen molar-refractivity contribution in [2.75, 3.05) is 6.54 Å². The molecule has 0 aromatic heterocycles. The Morgan fingerprint density at radius 2 is 1.93 bits per heavy atom. The summed E-state index contributed by atoms with van der Waals surface area (Å²) in [6.07, 6.45) is 0. The highest BCUT2D eigenvalue weighted by molar-refractivity contribution is 9.08. The fourth-order valence-corrected chi connectivity index (χ4v) is 2.17. The maximum atomic E-state index is 3.43. The van der Waals surface area contributed by atoms with Crippen LogP contribution in [0.2, 0.25) is 0 Å². The summed E-state index contributed by atoms with van der Waals surface area (Å²) in [5, 5.41) is 0.928. The van der Waals surface area contributed by atoms with Gasteiger partial charge in [-0.15, -0.1) is 0 Å². The molecule has 1 nitrogen and oxygen atoms in total. The van der Waals surface area contributed by atoms with Crippen molar-refractivity contribution in [3.8, 4) is 0 Å². The second-order valence-corrected chi connectivity index (χ2v) is 5.15. The summed E-state index contributed by atoms with van der Waals surface area (Å²) in [6, 6.07) is 8.59. The van der Waals surface area contributed by atoms with Gasteiger partial charge in [0.1, 0.15) is 0 Å². The summed E-state index contributed by atoms with van der Waals surface area (Å²) in [4.78, 5) is 1.27. The van der Waals surface area contributed by atoms with Crippen LogP contribution in [0.5, 0.6) is 0 Å². The van der Waals surface area contributed by atoms with E-state index in [1.54, 1.807) is 11.9 Å². The largest absolute Gasteiger partial charge is 0.260 e. The van der Waals surface area contributed by atoms with Crippen LogP contribution in [0.4, 0.5) is 0 Å². The van der Waals surface area contributed by atoms with Gasteiger partial charge in [0.2, 0.25) is 0 Å². The fourth-order valence-electron chi connectivity index (χ4n) is 0.938. The van der Waals surface area contributed by atoms with Crippen molar-refractivity contribution in [2.24, 2.45) is 5.92 Å². The van der Waals surface area contributed by atoms with Gasteiger partial charge < -0.3 is 0 Å². The Kier molecular flexibility index (Phi) is 5.60. The van der Waals surface area contributed by atoms with Crippen molar-refractivity contribution in [3.63, 3.8) is 0 Å². The first-order valence-corrected chi connectivity index (χ1v) is 6.70. The molecule has 78 valence electrons. The lowest BCUT2D eigenvalue weighted by atomic mass is 10.2. The Morgan fingerprint density at radius 3 is 2.43 bits per heavy atom. The van der Waals surface area contributed by atoms with E-state index in [4.69, 9.17) is 0 Å². The first-order chi connectivity index (χ1) is 6.72.